The number of nitrogens with one attached hydrogen (secondary N) is 1. The van der Waals surface area contributed by atoms with Gasteiger partial charge in [-0.25, -0.2) is 4.98 Å². The lowest BCUT2D eigenvalue weighted by Crippen LogP contribution is -2.31. The van der Waals surface area contributed by atoms with Gasteiger partial charge >= 0.3 is 0 Å². The minimum absolute atomic E-state index is 0.0615. The number of thiazole rings is 1. The molecule has 148 valence electrons. The first-order valence-corrected chi connectivity index (χ1v) is 10.2. The third kappa shape index (κ3) is 4.97. The Hall–Kier alpha value is -3.25. The SMILES string of the molecule is C=CCN(C(=O)c1ccc(NC(=O)C(C)C)cc1)c1nc(-c2ccccc2)cs1. The van der Waals surface area contributed by atoms with Crippen LogP contribution in [0.2, 0.25) is 0 Å². The van der Waals surface area contributed by atoms with Crippen LogP contribution >= 0.6 is 11.3 Å². The number of hydrogen-bond acceptors (Lipinski definition) is 4. The maximum Gasteiger partial charge on any atom is 0.260 e. The molecule has 29 heavy (non-hydrogen) atoms. The first kappa shape index (κ1) is 20.5. The van der Waals surface area contributed by atoms with Crippen LogP contribution in [0.5, 0.6) is 0 Å². The largest absolute Gasteiger partial charge is 0.326 e. The molecule has 0 spiro atoms. The van der Waals surface area contributed by atoms with Gasteiger partial charge in [0.05, 0.1) is 5.69 Å². The average Bonchev–Trinajstić information content (AvgIpc) is 3.22. The summed E-state index contributed by atoms with van der Waals surface area (Å²) in [4.78, 5) is 31.1. The number of rotatable bonds is 7. The van der Waals surface area contributed by atoms with E-state index in [0.717, 1.165) is 11.3 Å². The summed E-state index contributed by atoms with van der Waals surface area (Å²) in [5.74, 6) is -0.336. The molecule has 0 atom stereocenters. The maximum absolute atomic E-state index is 13.1. The molecule has 0 aliphatic rings. The van der Waals surface area contributed by atoms with Crippen molar-refractivity contribution in [2.75, 3.05) is 16.8 Å². The maximum atomic E-state index is 13.1. The zero-order chi connectivity index (χ0) is 20.8. The van der Waals surface area contributed by atoms with Crippen LogP contribution in [-0.4, -0.2) is 23.3 Å². The lowest BCUT2D eigenvalue weighted by atomic mass is 10.1. The molecule has 1 N–H and O–H groups in total. The lowest BCUT2D eigenvalue weighted by Gasteiger charge is -2.18. The lowest BCUT2D eigenvalue weighted by molar-refractivity contribution is -0.118. The molecule has 0 radical (unpaired) electrons. The van der Waals surface area contributed by atoms with Gasteiger partial charge in [-0.3, -0.25) is 14.5 Å². The molecule has 1 aromatic heterocycles. The van der Waals surface area contributed by atoms with Crippen LogP contribution in [-0.2, 0) is 4.79 Å². The van der Waals surface area contributed by atoms with Crippen LogP contribution in [0.3, 0.4) is 0 Å². The number of anilines is 2. The first-order chi connectivity index (χ1) is 14.0. The predicted octanol–water partition coefficient (Wildman–Crippen LogP) is 5.24. The Morgan fingerprint density at radius 1 is 1.14 bits per heavy atom. The number of aromatic nitrogens is 1. The Bertz CT molecular complexity index is 994. The standard InChI is InChI=1S/C23H23N3O2S/c1-4-14-26(23-25-20(15-29-23)17-8-6-5-7-9-17)22(28)18-10-12-19(13-11-18)24-21(27)16(2)3/h4-13,15-16H,1,14H2,2-3H3,(H,24,27). The van der Waals surface area contributed by atoms with E-state index in [1.165, 1.54) is 11.3 Å². The number of hydrogen-bond donors (Lipinski definition) is 1. The number of carbonyl (C=O) groups excluding carboxylic acids is 2. The molecule has 2 aromatic carbocycles. The summed E-state index contributed by atoms with van der Waals surface area (Å²) >= 11 is 1.42. The fraction of sp³-hybridized carbons (Fsp3) is 0.174. The van der Waals surface area contributed by atoms with Crippen molar-refractivity contribution in [1.82, 2.24) is 4.98 Å². The molecule has 3 aromatic rings. The monoisotopic (exact) mass is 405 g/mol. The van der Waals surface area contributed by atoms with E-state index in [-0.39, 0.29) is 17.7 Å². The molecule has 0 bridgehead atoms. The van der Waals surface area contributed by atoms with E-state index in [9.17, 15) is 9.59 Å². The van der Waals surface area contributed by atoms with E-state index in [2.05, 4.69) is 16.9 Å². The van der Waals surface area contributed by atoms with Gasteiger partial charge in [0.25, 0.3) is 5.91 Å². The van der Waals surface area contributed by atoms with E-state index >= 15 is 0 Å². The quantitative estimate of drug-likeness (QED) is 0.547. The van der Waals surface area contributed by atoms with Gasteiger partial charge in [0.15, 0.2) is 5.13 Å². The molecule has 0 saturated carbocycles. The van der Waals surface area contributed by atoms with Crippen molar-refractivity contribution in [2.24, 2.45) is 5.92 Å². The molecule has 3 rings (SSSR count). The molecule has 0 fully saturated rings. The highest BCUT2D eigenvalue weighted by Gasteiger charge is 2.20. The average molecular weight is 406 g/mol. The highest BCUT2D eigenvalue weighted by Crippen LogP contribution is 2.28. The molecule has 2 amide bonds. The molecule has 0 aliphatic carbocycles. The number of amides is 2. The Morgan fingerprint density at radius 2 is 1.83 bits per heavy atom. The second-order valence-electron chi connectivity index (χ2n) is 6.81. The van der Waals surface area contributed by atoms with E-state index in [1.807, 2.05) is 49.6 Å². The third-order valence-electron chi connectivity index (χ3n) is 4.27. The van der Waals surface area contributed by atoms with E-state index in [4.69, 9.17) is 0 Å². The Labute approximate surface area is 174 Å². The molecular weight excluding hydrogens is 382 g/mol. The van der Waals surface area contributed by atoms with Crippen LogP contribution in [0, 0.1) is 5.92 Å². The van der Waals surface area contributed by atoms with Crippen LogP contribution in [0.25, 0.3) is 11.3 Å². The second-order valence-corrected chi connectivity index (χ2v) is 7.64. The molecule has 0 saturated heterocycles. The third-order valence-corrected chi connectivity index (χ3v) is 5.14. The molecular formula is C23H23N3O2S. The Balaban J connectivity index is 1.80. The molecule has 6 heteroatoms. The van der Waals surface area contributed by atoms with Crippen LogP contribution in [0.4, 0.5) is 10.8 Å². The van der Waals surface area contributed by atoms with Crippen LogP contribution in [0.15, 0.2) is 72.6 Å². The molecule has 1 heterocycles. The molecule has 0 aliphatic heterocycles. The Kier molecular flexibility index (Phi) is 6.57. The summed E-state index contributed by atoms with van der Waals surface area (Å²) in [6, 6.07) is 16.7. The smallest absolute Gasteiger partial charge is 0.260 e. The van der Waals surface area contributed by atoms with Gasteiger partial charge in [-0.05, 0) is 24.3 Å². The van der Waals surface area contributed by atoms with Crippen LogP contribution in [0.1, 0.15) is 24.2 Å². The van der Waals surface area contributed by atoms with Gasteiger partial charge in [-0.2, -0.15) is 0 Å². The minimum atomic E-state index is -0.166. The van der Waals surface area contributed by atoms with Crippen LogP contribution < -0.4 is 10.2 Å². The van der Waals surface area contributed by atoms with E-state index in [1.54, 1.807) is 35.2 Å². The van der Waals surface area contributed by atoms with Crippen molar-refractivity contribution in [2.45, 2.75) is 13.8 Å². The van der Waals surface area contributed by atoms with Gasteiger partial charge in [0, 0.05) is 34.7 Å². The molecule has 0 unspecified atom stereocenters. The highest BCUT2D eigenvalue weighted by molar-refractivity contribution is 7.14. The number of benzene rings is 2. The summed E-state index contributed by atoms with van der Waals surface area (Å²) in [5.41, 5.74) is 3.02. The number of nitrogens with zero attached hydrogens (tertiary/aromatic N) is 2. The summed E-state index contributed by atoms with van der Waals surface area (Å²) in [7, 11) is 0. The van der Waals surface area contributed by atoms with Crippen molar-refractivity contribution in [3.8, 4) is 11.3 Å². The highest BCUT2D eigenvalue weighted by atomic mass is 32.1. The fourth-order valence-corrected chi connectivity index (χ4v) is 3.49. The van der Waals surface area contributed by atoms with Gasteiger partial charge in [0.1, 0.15) is 0 Å². The van der Waals surface area contributed by atoms with Crippen molar-refractivity contribution < 1.29 is 9.59 Å². The van der Waals surface area contributed by atoms with Gasteiger partial charge in [0.2, 0.25) is 5.91 Å². The van der Waals surface area contributed by atoms with Gasteiger partial charge < -0.3 is 5.32 Å². The van der Waals surface area contributed by atoms with Crippen molar-refractivity contribution in [3.05, 3.63) is 78.2 Å². The zero-order valence-corrected chi connectivity index (χ0v) is 17.3. The number of carbonyl (C=O) groups is 2. The Morgan fingerprint density at radius 3 is 2.45 bits per heavy atom. The van der Waals surface area contributed by atoms with Gasteiger partial charge in [-0.1, -0.05) is 50.3 Å². The molecule has 5 nitrogen and oxygen atoms in total. The summed E-state index contributed by atoms with van der Waals surface area (Å²) in [5, 5.41) is 5.38. The van der Waals surface area contributed by atoms with Crippen molar-refractivity contribution >= 4 is 34.0 Å². The normalized spacial score (nSPS) is 10.6. The predicted molar refractivity (Wildman–Crippen MR) is 119 cm³/mol. The van der Waals surface area contributed by atoms with Crippen molar-refractivity contribution in [1.29, 1.82) is 0 Å². The first-order valence-electron chi connectivity index (χ1n) is 9.34. The minimum Gasteiger partial charge on any atom is -0.326 e. The summed E-state index contributed by atoms with van der Waals surface area (Å²) in [6.45, 7) is 7.78. The van der Waals surface area contributed by atoms with Gasteiger partial charge in [-0.15, -0.1) is 17.9 Å². The van der Waals surface area contributed by atoms with Crippen molar-refractivity contribution in [3.63, 3.8) is 0 Å². The van der Waals surface area contributed by atoms with E-state index in [0.29, 0.717) is 22.9 Å². The second kappa shape index (κ2) is 9.30. The summed E-state index contributed by atoms with van der Waals surface area (Å²) < 4.78 is 0. The fourth-order valence-electron chi connectivity index (χ4n) is 2.65. The zero-order valence-electron chi connectivity index (χ0n) is 16.5. The van der Waals surface area contributed by atoms with E-state index < -0.39 is 0 Å². The topological polar surface area (TPSA) is 62.3 Å². The summed E-state index contributed by atoms with van der Waals surface area (Å²) in [6.07, 6.45) is 1.68.